The minimum absolute atomic E-state index is 0.451. The predicted molar refractivity (Wildman–Crippen MR) is 107 cm³/mol. The van der Waals surface area contributed by atoms with Gasteiger partial charge in [0.25, 0.3) is 0 Å². The molecular formula is C22H22NO3P. The Bertz CT molecular complexity index is 915. The third-order valence-corrected chi connectivity index (χ3v) is 7.53. The van der Waals surface area contributed by atoms with Gasteiger partial charge in [0.2, 0.25) is 0 Å². The van der Waals surface area contributed by atoms with Crippen molar-refractivity contribution in [2.45, 2.75) is 24.7 Å². The molecule has 0 aromatic heterocycles. The van der Waals surface area contributed by atoms with Gasteiger partial charge in [-0.3, -0.25) is 5.32 Å². The normalized spacial score (nSPS) is 20.7. The van der Waals surface area contributed by atoms with Gasteiger partial charge >= 0.3 is 7.60 Å². The van der Waals surface area contributed by atoms with Gasteiger partial charge in [0.05, 0.1) is 5.54 Å². The average molecular weight is 379 g/mol. The molecule has 4 nitrogen and oxygen atoms in total. The Hall–Kier alpha value is -2.55. The molecule has 1 aliphatic heterocycles. The number of hydrogen-bond donors (Lipinski definition) is 1. The molecule has 0 spiro atoms. The molecule has 1 aliphatic rings. The van der Waals surface area contributed by atoms with E-state index in [9.17, 15) is 4.57 Å². The van der Waals surface area contributed by atoms with Crippen molar-refractivity contribution in [3.63, 3.8) is 0 Å². The minimum atomic E-state index is -3.71. The van der Waals surface area contributed by atoms with E-state index in [1.165, 1.54) is 0 Å². The molecule has 0 saturated carbocycles. The lowest BCUT2D eigenvalue weighted by atomic mass is 10.0. The largest absolute Gasteiger partial charge is 0.457 e. The zero-order chi connectivity index (χ0) is 19.0. The van der Waals surface area contributed by atoms with Crippen LogP contribution in [0.1, 0.15) is 19.4 Å². The zero-order valence-corrected chi connectivity index (χ0v) is 16.2. The molecule has 0 aliphatic carbocycles. The molecule has 27 heavy (non-hydrogen) atoms. The SMILES string of the molecule is CC1(C)N[C@]1(c1ccccc1)P(=O)(Oc1ccccc1)Oc1ccccc1. The van der Waals surface area contributed by atoms with Crippen molar-refractivity contribution in [2.75, 3.05) is 0 Å². The van der Waals surface area contributed by atoms with E-state index in [4.69, 9.17) is 9.05 Å². The van der Waals surface area contributed by atoms with Gasteiger partial charge < -0.3 is 9.05 Å². The fourth-order valence-electron chi connectivity index (χ4n) is 3.50. The molecule has 1 heterocycles. The quantitative estimate of drug-likeness (QED) is 0.449. The van der Waals surface area contributed by atoms with Crippen LogP contribution in [-0.4, -0.2) is 5.54 Å². The highest BCUT2D eigenvalue weighted by Gasteiger charge is 2.76. The van der Waals surface area contributed by atoms with Gasteiger partial charge in [0.1, 0.15) is 11.5 Å². The van der Waals surface area contributed by atoms with Gasteiger partial charge in [-0.15, -0.1) is 0 Å². The van der Waals surface area contributed by atoms with Crippen molar-refractivity contribution in [3.8, 4) is 11.5 Å². The molecule has 0 radical (unpaired) electrons. The van der Waals surface area contributed by atoms with Gasteiger partial charge in [-0.25, -0.2) is 4.57 Å². The fourth-order valence-corrected chi connectivity index (χ4v) is 6.17. The maximum atomic E-state index is 14.3. The van der Waals surface area contributed by atoms with Crippen LogP contribution < -0.4 is 14.4 Å². The summed E-state index contributed by atoms with van der Waals surface area (Å²) >= 11 is 0. The van der Waals surface area contributed by atoms with Crippen molar-refractivity contribution in [1.29, 1.82) is 0 Å². The summed E-state index contributed by atoms with van der Waals surface area (Å²) in [6.45, 7) is 4.02. The Labute approximate surface area is 159 Å². The number of benzene rings is 3. The van der Waals surface area contributed by atoms with Gasteiger partial charge in [-0.05, 0) is 43.7 Å². The Morgan fingerprint density at radius 2 is 1.07 bits per heavy atom. The molecule has 0 bridgehead atoms. The van der Waals surface area contributed by atoms with Gasteiger partial charge in [0, 0.05) is 0 Å². The van der Waals surface area contributed by atoms with Crippen LogP contribution >= 0.6 is 7.60 Å². The third kappa shape index (κ3) is 3.05. The van der Waals surface area contributed by atoms with Gasteiger partial charge in [0.15, 0.2) is 5.28 Å². The Morgan fingerprint density at radius 1 is 0.704 bits per heavy atom. The standard InChI is InChI=1S/C22H22NO3P/c1-21(2)22(23-21,18-12-6-3-7-13-18)27(24,25-19-14-8-4-9-15-19)26-20-16-10-5-11-17-20/h3-17,23H,1-2H3/t22-/m1/s1. The lowest BCUT2D eigenvalue weighted by Gasteiger charge is -2.29. The molecule has 138 valence electrons. The summed E-state index contributed by atoms with van der Waals surface area (Å²) in [5.74, 6) is 1.02. The Balaban J connectivity index is 1.83. The maximum Gasteiger partial charge on any atom is 0.457 e. The second kappa shape index (κ2) is 6.56. The monoisotopic (exact) mass is 379 g/mol. The molecule has 3 aromatic rings. The first-order valence-corrected chi connectivity index (χ1v) is 10.5. The van der Waals surface area contributed by atoms with Gasteiger partial charge in [-0.1, -0.05) is 66.7 Å². The van der Waals surface area contributed by atoms with Crippen LogP contribution in [0.2, 0.25) is 0 Å². The molecule has 0 unspecified atom stereocenters. The number of rotatable bonds is 6. The van der Waals surface area contributed by atoms with E-state index < -0.39 is 18.4 Å². The van der Waals surface area contributed by atoms with Crippen LogP contribution in [0.5, 0.6) is 11.5 Å². The first-order valence-electron chi connectivity index (χ1n) is 8.91. The fraction of sp³-hybridized carbons (Fsp3) is 0.182. The molecule has 3 aromatic carbocycles. The van der Waals surface area contributed by atoms with Crippen LogP contribution in [0.25, 0.3) is 0 Å². The molecule has 1 fully saturated rings. The van der Waals surface area contributed by atoms with Crippen LogP contribution in [0.4, 0.5) is 0 Å². The highest BCUT2D eigenvalue weighted by molar-refractivity contribution is 7.56. The van der Waals surface area contributed by atoms with E-state index in [0.29, 0.717) is 11.5 Å². The Kier molecular flexibility index (Phi) is 4.33. The third-order valence-electron chi connectivity index (χ3n) is 4.88. The first kappa shape index (κ1) is 17.8. The highest BCUT2D eigenvalue weighted by Crippen LogP contribution is 2.73. The number of nitrogens with one attached hydrogen (secondary N) is 1. The van der Waals surface area contributed by atoms with Crippen LogP contribution in [0.15, 0.2) is 91.0 Å². The number of para-hydroxylation sites is 2. The second-order valence-electron chi connectivity index (χ2n) is 7.13. The predicted octanol–water partition coefficient (Wildman–Crippen LogP) is 5.57. The lowest BCUT2D eigenvalue weighted by Crippen LogP contribution is -2.25. The van der Waals surface area contributed by atoms with Crippen molar-refractivity contribution in [3.05, 3.63) is 96.6 Å². The first-order chi connectivity index (χ1) is 13.0. The van der Waals surface area contributed by atoms with Crippen LogP contribution in [-0.2, 0) is 9.85 Å². The summed E-state index contributed by atoms with van der Waals surface area (Å²) in [6.07, 6.45) is 0. The summed E-state index contributed by atoms with van der Waals surface area (Å²) in [4.78, 5) is 0. The van der Waals surface area contributed by atoms with Crippen molar-refractivity contribution < 1.29 is 13.6 Å². The summed E-state index contributed by atoms with van der Waals surface area (Å²) in [5.41, 5.74) is 0.429. The average Bonchev–Trinajstić information content (AvgIpc) is 3.28. The summed E-state index contributed by atoms with van der Waals surface area (Å²) in [5, 5.41) is 2.47. The summed E-state index contributed by atoms with van der Waals surface area (Å²) < 4.78 is 26.5. The molecule has 1 atom stereocenters. The van der Waals surface area contributed by atoms with E-state index in [-0.39, 0.29) is 0 Å². The summed E-state index contributed by atoms with van der Waals surface area (Å²) in [7, 11) is -3.71. The van der Waals surface area contributed by atoms with Crippen molar-refractivity contribution in [1.82, 2.24) is 5.32 Å². The van der Waals surface area contributed by atoms with E-state index in [0.717, 1.165) is 5.56 Å². The van der Waals surface area contributed by atoms with E-state index >= 15 is 0 Å². The molecule has 0 amide bonds. The molecule has 4 rings (SSSR count). The second-order valence-corrected chi connectivity index (χ2v) is 9.16. The van der Waals surface area contributed by atoms with E-state index in [2.05, 4.69) is 5.32 Å². The molecule has 5 heteroatoms. The summed E-state index contributed by atoms with van der Waals surface area (Å²) in [6, 6.07) is 28.0. The van der Waals surface area contributed by atoms with Crippen molar-refractivity contribution >= 4 is 7.60 Å². The topological polar surface area (TPSA) is 57.5 Å². The van der Waals surface area contributed by atoms with Gasteiger partial charge in [-0.2, -0.15) is 0 Å². The van der Waals surface area contributed by atoms with Crippen molar-refractivity contribution in [2.24, 2.45) is 0 Å². The number of hydrogen-bond acceptors (Lipinski definition) is 4. The molecule has 1 saturated heterocycles. The minimum Gasteiger partial charge on any atom is -0.415 e. The zero-order valence-electron chi connectivity index (χ0n) is 15.3. The van der Waals surface area contributed by atoms with E-state index in [1.807, 2.05) is 80.6 Å². The molecular weight excluding hydrogens is 357 g/mol. The highest BCUT2D eigenvalue weighted by atomic mass is 31.2. The maximum absolute atomic E-state index is 14.3. The van der Waals surface area contributed by atoms with Crippen LogP contribution in [0, 0.1) is 0 Å². The molecule has 1 N–H and O–H groups in total. The lowest BCUT2D eigenvalue weighted by molar-refractivity contribution is 0.362. The smallest absolute Gasteiger partial charge is 0.415 e. The Morgan fingerprint density at radius 3 is 1.44 bits per heavy atom. The van der Waals surface area contributed by atoms with Crippen LogP contribution in [0.3, 0.4) is 0 Å². The van der Waals surface area contributed by atoms with E-state index in [1.54, 1.807) is 24.3 Å².